The summed E-state index contributed by atoms with van der Waals surface area (Å²) in [4.78, 5) is 15.7. The van der Waals surface area contributed by atoms with Crippen LogP contribution in [0.1, 0.15) is 36.2 Å². The largest absolute Gasteiger partial charge is 0.332 e. The minimum absolute atomic E-state index is 0.0903. The molecule has 6 nitrogen and oxygen atoms in total. The summed E-state index contributed by atoms with van der Waals surface area (Å²) in [7, 11) is 3.48. The summed E-state index contributed by atoms with van der Waals surface area (Å²) in [5, 5.41) is 7.49. The number of fused-ring (bicyclic) bond motifs is 1. The van der Waals surface area contributed by atoms with E-state index in [1.807, 2.05) is 0 Å². The summed E-state index contributed by atoms with van der Waals surface area (Å²) < 4.78 is 2.08. The Kier molecular flexibility index (Phi) is 5.93. The number of rotatable bonds is 6. The maximum Gasteiger partial charge on any atom is 0.317 e. The van der Waals surface area contributed by atoms with Crippen molar-refractivity contribution < 1.29 is 4.79 Å². The van der Waals surface area contributed by atoms with Gasteiger partial charge >= 0.3 is 6.03 Å². The fourth-order valence-electron chi connectivity index (χ4n) is 3.31. The van der Waals surface area contributed by atoms with E-state index in [4.69, 9.17) is 0 Å². The van der Waals surface area contributed by atoms with E-state index in [0.29, 0.717) is 12.5 Å². The number of benzene rings is 1. The molecule has 1 atom stereocenters. The minimum atomic E-state index is -0.0903. The number of nitrogens with one attached hydrogen (secondary N) is 1. The van der Waals surface area contributed by atoms with Crippen molar-refractivity contribution in [2.45, 2.75) is 38.9 Å². The lowest BCUT2D eigenvalue weighted by molar-refractivity contribution is 0.207. The molecule has 1 aliphatic rings. The van der Waals surface area contributed by atoms with E-state index < -0.39 is 0 Å². The van der Waals surface area contributed by atoms with E-state index in [-0.39, 0.29) is 6.03 Å². The molecule has 140 valence electrons. The highest BCUT2D eigenvalue weighted by Gasteiger charge is 2.19. The third kappa shape index (κ3) is 4.64. The Labute approximate surface area is 155 Å². The Bertz CT molecular complexity index is 725. The van der Waals surface area contributed by atoms with Gasteiger partial charge in [-0.1, -0.05) is 37.3 Å². The molecule has 2 heterocycles. The maximum atomic E-state index is 11.6. The van der Waals surface area contributed by atoms with Gasteiger partial charge in [0.25, 0.3) is 0 Å². The molecule has 3 rings (SSSR count). The van der Waals surface area contributed by atoms with Crippen LogP contribution in [0, 0.1) is 0 Å². The molecule has 0 bridgehead atoms. The molecular weight excluding hydrogens is 326 g/mol. The summed E-state index contributed by atoms with van der Waals surface area (Å²) in [6, 6.07) is 12.7. The van der Waals surface area contributed by atoms with Crippen molar-refractivity contribution in [2.75, 3.05) is 27.2 Å². The maximum absolute atomic E-state index is 11.6. The highest BCUT2D eigenvalue weighted by Crippen LogP contribution is 2.21. The predicted octanol–water partition coefficient (Wildman–Crippen LogP) is 2.66. The Balaban J connectivity index is 1.50. The van der Waals surface area contributed by atoms with Gasteiger partial charge in [0.15, 0.2) is 0 Å². The first-order valence-electron chi connectivity index (χ1n) is 9.31. The van der Waals surface area contributed by atoms with Gasteiger partial charge in [-0.15, -0.1) is 0 Å². The van der Waals surface area contributed by atoms with Crippen LogP contribution in [0.2, 0.25) is 0 Å². The van der Waals surface area contributed by atoms with Crippen LogP contribution in [-0.4, -0.2) is 52.8 Å². The van der Waals surface area contributed by atoms with Crippen LogP contribution in [0.15, 0.2) is 36.4 Å². The van der Waals surface area contributed by atoms with Crippen molar-refractivity contribution in [2.24, 2.45) is 0 Å². The molecule has 26 heavy (non-hydrogen) atoms. The van der Waals surface area contributed by atoms with Gasteiger partial charge in [-0.3, -0.25) is 9.58 Å². The Hall–Kier alpha value is -2.34. The molecule has 0 aliphatic carbocycles. The molecular formula is C20H29N5O. The topological polar surface area (TPSA) is 53.4 Å². The average Bonchev–Trinajstić information content (AvgIpc) is 3.06. The summed E-state index contributed by atoms with van der Waals surface area (Å²) in [5.74, 6) is 0.569. The lowest BCUT2D eigenvalue weighted by Crippen LogP contribution is -2.35. The van der Waals surface area contributed by atoms with Crippen molar-refractivity contribution in [3.63, 3.8) is 0 Å². The predicted molar refractivity (Wildman–Crippen MR) is 103 cm³/mol. The second-order valence-corrected chi connectivity index (χ2v) is 7.28. The summed E-state index contributed by atoms with van der Waals surface area (Å²) >= 11 is 0. The number of aromatic nitrogens is 2. The normalized spacial score (nSPS) is 15.3. The number of amides is 2. The third-order valence-corrected chi connectivity index (χ3v) is 5.00. The SMILES string of the molecule is C[C@@H](CCN1CCn2nc(CNC(=O)N(C)C)cc2C1)c1ccccc1. The van der Waals surface area contributed by atoms with Gasteiger partial charge in [0.1, 0.15) is 0 Å². The smallest absolute Gasteiger partial charge is 0.317 e. The lowest BCUT2D eigenvalue weighted by atomic mass is 9.97. The van der Waals surface area contributed by atoms with Gasteiger partial charge in [-0.2, -0.15) is 5.10 Å². The van der Waals surface area contributed by atoms with Crippen molar-refractivity contribution in [3.05, 3.63) is 53.3 Å². The second kappa shape index (κ2) is 8.36. The number of carbonyl (C=O) groups excluding carboxylic acids is 1. The fraction of sp³-hybridized carbons (Fsp3) is 0.500. The number of hydrogen-bond donors (Lipinski definition) is 1. The number of urea groups is 1. The van der Waals surface area contributed by atoms with E-state index in [0.717, 1.165) is 38.3 Å². The highest BCUT2D eigenvalue weighted by atomic mass is 16.2. The van der Waals surface area contributed by atoms with Crippen LogP contribution < -0.4 is 5.32 Å². The van der Waals surface area contributed by atoms with Crippen LogP contribution in [0.5, 0.6) is 0 Å². The molecule has 1 aromatic heterocycles. The third-order valence-electron chi connectivity index (χ3n) is 5.00. The standard InChI is InChI=1S/C20H29N5O/c1-16(17-7-5-4-6-8-17)9-10-24-11-12-25-19(15-24)13-18(22-25)14-21-20(26)23(2)3/h4-8,13,16H,9-12,14-15H2,1-3H3,(H,21,26)/t16-/m0/s1. The number of hydrogen-bond acceptors (Lipinski definition) is 3. The molecule has 0 saturated heterocycles. The monoisotopic (exact) mass is 355 g/mol. The first kappa shape index (κ1) is 18.5. The van der Waals surface area contributed by atoms with Gasteiger partial charge in [0.2, 0.25) is 0 Å². The average molecular weight is 355 g/mol. The molecule has 1 aromatic carbocycles. The fourth-order valence-corrected chi connectivity index (χ4v) is 3.31. The molecule has 2 amide bonds. The van der Waals surface area contributed by atoms with Crippen molar-refractivity contribution in [3.8, 4) is 0 Å². The molecule has 0 saturated carbocycles. The zero-order chi connectivity index (χ0) is 18.5. The summed E-state index contributed by atoms with van der Waals surface area (Å²) in [6.45, 7) is 6.73. The summed E-state index contributed by atoms with van der Waals surface area (Å²) in [5.41, 5.74) is 3.57. The Morgan fingerprint density at radius 2 is 2.04 bits per heavy atom. The van der Waals surface area contributed by atoms with Crippen molar-refractivity contribution in [1.29, 1.82) is 0 Å². The molecule has 1 N–H and O–H groups in total. The van der Waals surface area contributed by atoms with Gasteiger partial charge in [0.05, 0.1) is 24.5 Å². The number of carbonyl (C=O) groups is 1. The minimum Gasteiger partial charge on any atom is -0.332 e. The lowest BCUT2D eigenvalue weighted by Gasteiger charge is -2.28. The van der Waals surface area contributed by atoms with Crippen molar-refractivity contribution in [1.82, 2.24) is 24.9 Å². The van der Waals surface area contributed by atoms with Gasteiger partial charge in [-0.05, 0) is 30.5 Å². The van der Waals surface area contributed by atoms with Gasteiger partial charge < -0.3 is 10.2 Å². The van der Waals surface area contributed by atoms with Crippen LogP contribution in [-0.2, 0) is 19.6 Å². The van der Waals surface area contributed by atoms with E-state index in [2.05, 4.69) is 63.3 Å². The van der Waals surface area contributed by atoms with Gasteiger partial charge in [0, 0.05) is 27.2 Å². The zero-order valence-electron chi connectivity index (χ0n) is 16.0. The number of nitrogens with zero attached hydrogens (tertiary/aromatic N) is 4. The highest BCUT2D eigenvalue weighted by molar-refractivity contribution is 5.73. The van der Waals surface area contributed by atoms with E-state index >= 15 is 0 Å². The quantitative estimate of drug-likeness (QED) is 0.867. The van der Waals surface area contributed by atoms with Gasteiger partial charge in [-0.25, -0.2) is 4.79 Å². The zero-order valence-corrected chi connectivity index (χ0v) is 16.0. The van der Waals surface area contributed by atoms with E-state index in [1.54, 1.807) is 14.1 Å². The van der Waals surface area contributed by atoms with Crippen molar-refractivity contribution >= 4 is 6.03 Å². The van der Waals surface area contributed by atoms with E-state index in [9.17, 15) is 4.79 Å². The first-order chi connectivity index (χ1) is 12.5. The first-order valence-corrected chi connectivity index (χ1v) is 9.31. The summed E-state index contributed by atoms with van der Waals surface area (Å²) in [6.07, 6.45) is 1.16. The molecule has 2 aromatic rings. The molecule has 0 spiro atoms. The Morgan fingerprint density at radius 3 is 2.77 bits per heavy atom. The molecule has 0 fully saturated rings. The molecule has 0 unspecified atom stereocenters. The molecule has 1 aliphatic heterocycles. The van der Waals surface area contributed by atoms with Crippen LogP contribution in [0.4, 0.5) is 4.79 Å². The second-order valence-electron chi connectivity index (χ2n) is 7.28. The van der Waals surface area contributed by atoms with Crippen LogP contribution >= 0.6 is 0 Å². The van der Waals surface area contributed by atoms with Crippen LogP contribution in [0.25, 0.3) is 0 Å². The van der Waals surface area contributed by atoms with Crippen LogP contribution in [0.3, 0.4) is 0 Å². The molecule has 6 heteroatoms. The Morgan fingerprint density at radius 1 is 1.27 bits per heavy atom. The molecule has 0 radical (unpaired) electrons. The van der Waals surface area contributed by atoms with E-state index in [1.165, 1.54) is 16.2 Å².